The average molecular weight is 172 g/mol. The molecule has 0 bridgehead atoms. The van der Waals surface area contributed by atoms with Crippen molar-refractivity contribution in [3.05, 3.63) is 0 Å². The molecule has 0 radical (unpaired) electrons. The molecule has 0 atom stereocenters. The highest BCUT2D eigenvalue weighted by atomic mass is 16.8. The molecule has 1 aliphatic heterocycles. The lowest BCUT2D eigenvalue weighted by molar-refractivity contribution is 0.134. The van der Waals surface area contributed by atoms with Gasteiger partial charge in [0.25, 0.3) is 0 Å². The molecule has 0 unspecified atom stereocenters. The molecule has 0 saturated carbocycles. The summed E-state index contributed by atoms with van der Waals surface area (Å²) in [5.74, 6) is 0. The molecule has 5 nitrogen and oxygen atoms in total. The van der Waals surface area contributed by atoms with E-state index in [9.17, 15) is 0 Å². The molecule has 0 aromatic carbocycles. The third kappa shape index (κ3) is 2.50. The van der Waals surface area contributed by atoms with Crippen LogP contribution in [0, 0.1) is 0 Å². The van der Waals surface area contributed by atoms with Crippen molar-refractivity contribution in [3.8, 4) is 0 Å². The summed E-state index contributed by atoms with van der Waals surface area (Å²) in [7, 11) is 1.26. The predicted molar refractivity (Wildman–Crippen MR) is 45.0 cm³/mol. The normalized spacial score (nSPS) is 18.8. The molecular formula is C4H11B3O5. The minimum Gasteiger partial charge on any atom is -0.426 e. The Morgan fingerprint density at radius 1 is 1.00 bits per heavy atom. The third-order valence-electron chi connectivity index (χ3n) is 1.47. The van der Waals surface area contributed by atoms with E-state index in [0.717, 1.165) is 6.32 Å². The first-order valence-corrected chi connectivity index (χ1v) is 3.82. The quantitative estimate of drug-likeness (QED) is 0.552. The van der Waals surface area contributed by atoms with Gasteiger partial charge in [-0.3, -0.25) is 0 Å². The van der Waals surface area contributed by atoms with Crippen molar-refractivity contribution < 1.29 is 23.0 Å². The van der Waals surface area contributed by atoms with Gasteiger partial charge in [0.15, 0.2) is 0 Å². The lowest BCUT2D eigenvalue weighted by Crippen LogP contribution is -2.50. The zero-order valence-electron chi connectivity index (χ0n) is 7.48. The van der Waals surface area contributed by atoms with Crippen molar-refractivity contribution in [3.63, 3.8) is 0 Å². The third-order valence-corrected chi connectivity index (χ3v) is 1.47. The van der Waals surface area contributed by atoms with Gasteiger partial charge in [0.05, 0.1) is 0 Å². The molecular weight excluding hydrogens is 160 g/mol. The Balaban J connectivity index is 2.41. The van der Waals surface area contributed by atoms with Crippen LogP contribution in [0.3, 0.4) is 0 Å². The summed E-state index contributed by atoms with van der Waals surface area (Å²) in [5.41, 5.74) is 0. The van der Waals surface area contributed by atoms with Crippen molar-refractivity contribution in [1.29, 1.82) is 0 Å². The fourth-order valence-electron chi connectivity index (χ4n) is 0.849. The molecule has 1 heterocycles. The van der Waals surface area contributed by atoms with Crippen LogP contribution in [0.2, 0.25) is 6.32 Å². The van der Waals surface area contributed by atoms with Crippen LogP contribution in [0.15, 0.2) is 0 Å². The van der Waals surface area contributed by atoms with Gasteiger partial charge in [-0.1, -0.05) is 6.92 Å². The number of hydrogen-bond donors (Lipinski definition) is 0. The maximum absolute atomic E-state index is 5.17. The summed E-state index contributed by atoms with van der Waals surface area (Å²) in [5, 5.41) is 0. The summed E-state index contributed by atoms with van der Waals surface area (Å²) >= 11 is 0. The van der Waals surface area contributed by atoms with E-state index in [0.29, 0.717) is 0 Å². The second-order valence-corrected chi connectivity index (χ2v) is 2.29. The van der Waals surface area contributed by atoms with E-state index >= 15 is 0 Å². The Morgan fingerprint density at radius 3 is 1.83 bits per heavy atom. The van der Waals surface area contributed by atoms with Gasteiger partial charge >= 0.3 is 21.8 Å². The van der Waals surface area contributed by atoms with Gasteiger partial charge in [0.2, 0.25) is 0 Å². The van der Waals surface area contributed by atoms with Crippen LogP contribution < -0.4 is 0 Å². The van der Waals surface area contributed by atoms with Gasteiger partial charge in [-0.2, -0.15) is 0 Å². The maximum Gasteiger partial charge on any atom is 0.613 e. The first kappa shape index (κ1) is 10.1. The molecule has 1 saturated heterocycles. The van der Waals surface area contributed by atoms with E-state index in [1.54, 1.807) is 0 Å². The van der Waals surface area contributed by atoms with E-state index < -0.39 is 14.6 Å². The van der Waals surface area contributed by atoms with Gasteiger partial charge < -0.3 is 23.0 Å². The zero-order chi connectivity index (χ0) is 8.97. The number of rotatable bonds is 3. The van der Waals surface area contributed by atoms with Crippen molar-refractivity contribution in [1.82, 2.24) is 0 Å². The topological polar surface area (TPSA) is 46.2 Å². The number of hydrogen-bond acceptors (Lipinski definition) is 5. The van der Waals surface area contributed by atoms with Crippen LogP contribution in [0.25, 0.3) is 0 Å². The van der Waals surface area contributed by atoms with Crippen molar-refractivity contribution in [2.24, 2.45) is 0 Å². The summed E-state index contributed by atoms with van der Waals surface area (Å²) in [6.07, 6.45) is 0.725. The summed E-state index contributed by atoms with van der Waals surface area (Å²) in [6, 6.07) is 0. The lowest BCUT2D eigenvalue weighted by Gasteiger charge is -2.26. The minimum atomic E-state index is -0.700. The van der Waals surface area contributed by atoms with Gasteiger partial charge in [0, 0.05) is 14.2 Å². The highest BCUT2D eigenvalue weighted by Gasteiger charge is 2.42. The summed E-state index contributed by atoms with van der Waals surface area (Å²) in [6.45, 7) is 1.94. The second kappa shape index (κ2) is 4.88. The Bertz CT molecular complexity index is 106. The summed E-state index contributed by atoms with van der Waals surface area (Å²) < 4.78 is 25.1. The smallest absolute Gasteiger partial charge is 0.426 e. The molecule has 0 aliphatic carbocycles. The van der Waals surface area contributed by atoms with E-state index in [-0.39, 0.29) is 7.12 Å². The van der Waals surface area contributed by atoms with Crippen LogP contribution in [-0.2, 0) is 23.0 Å². The van der Waals surface area contributed by atoms with Crippen molar-refractivity contribution in [2.45, 2.75) is 13.2 Å². The van der Waals surface area contributed by atoms with Crippen molar-refractivity contribution in [2.75, 3.05) is 14.2 Å². The lowest BCUT2D eigenvalue weighted by atomic mass is 9.79. The summed E-state index contributed by atoms with van der Waals surface area (Å²) in [4.78, 5) is 0. The van der Waals surface area contributed by atoms with Gasteiger partial charge in [-0.15, -0.1) is 0 Å². The molecule has 0 N–H and O–H groups in total. The molecule has 1 fully saturated rings. The first-order chi connectivity index (χ1) is 5.80. The monoisotopic (exact) mass is 172 g/mol. The van der Waals surface area contributed by atoms with Crippen LogP contribution >= 0.6 is 0 Å². The fourth-order valence-corrected chi connectivity index (χ4v) is 0.849. The molecule has 1 aliphatic rings. The Labute approximate surface area is 73.1 Å². The molecule has 0 amide bonds. The Morgan fingerprint density at radius 2 is 1.50 bits per heavy atom. The highest BCUT2D eigenvalue weighted by molar-refractivity contribution is 6.69. The van der Waals surface area contributed by atoms with E-state index in [2.05, 4.69) is 0 Å². The van der Waals surface area contributed by atoms with E-state index in [1.165, 1.54) is 14.2 Å². The van der Waals surface area contributed by atoms with Crippen LogP contribution in [0.1, 0.15) is 6.92 Å². The second-order valence-electron chi connectivity index (χ2n) is 2.29. The van der Waals surface area contributed by atoms with Crippen molar-refractivity contribution >= 4 is 21.8 Å². The SMILES string of the molecule is CCB1OB(OC)OB(OC)O1. The molecule has 8 heteroatoms. The van der Waals surface area contributed by atoms with E-state index in [4.69, 9.17) is 23.0 Å². The largest absolute Gasteiger partial charge is 0.613 e. The van der Waals surface area contributed by atoms with Crippen LogP contribution in [0.5, 0.6) is 0 Å². The molecule has 66 valence electrons. The van der Waals surface area contributed by atoms with Crippen LogP contribution in [0.4, 0.5) is 0 Å². The zero-order valence-corrected chi connectivity index (χ0v) is 7.48. The molecule has 0 spiro atoms. The average Bonchev–Trinajstić information content (AvgIpc) is 2.16. The van der Waals surface area contributed by atoms with Gasteiger partial charge in [-0.05, 0) is 6.32 Å². The standard InChI is InChI=1S/C4H11B3O5/c1-4-5-10-6(8-2)12-7(9-3)11-5/h4H2,1-3H3. The predicted octanol–water partition coefficient (Wildman–Crippen LogP) is -0.180. The molecule has 0 aromatic rings. The van der Waals surface area contributed by atoms with Crippen LogP contribution in [-0.4, -0.2) is 36.0 Å². The first-order valence-electron chi connectivity index (χ1n) is 3.82. The molecule has 12 heavy (non-hydrogen) atoms. The molecule has 1 rings (SSSR count). The molecule has 0 aromatic heterocycles. The maximum atomic E-state index is 5.17. The Kier molecular flexibility index (Phi) is 4.10. The van der Waals surface area contributed by atoms with Gasteiger partial charge in [0.1, 0.15) is 0 Å². The van der Waals surface area contributed by atoms with Gasteiger partial charge in [-0.25, -0.2) is 0 Å². The Hall–Kier alpha value is -0.00519. The fraction of sp³-hybridized carbons (Fsp3) is 1.00. The minimum absolute atomic E-state index is 0.325. The van der Waals surface area contributed by atoms with E-state index in [1.807, 2.05) is 6.92 Å². The highest BCUT2D eigenvalue weighted by Crippen LogP contribution is 2.10.